The van der Waals surface area contributed by atoms with Gasteiger partial charge in [-0.2, -0.15) is 30.7 Å². The molecule has 1 aromatic carbocycles. The van der Waals surface area contributed by atoms with E-state index in [1.165, 1.54) is 0 Å². The van der Waals surface area contributed by atoms with Gasteiger partial charge in [-0.05, 0) is 30.7 Å². The maximum atomic E-state index is 14.1. The molecule has 0 radical (unpaired) electrons. The lowest BCUT2D eigenvalue weighted by Gasteiger charge is -2.18. The van der Waals surface area contributed by atoms with Crippen molar-refractivity contribution in [3.8, 4) is 5.69 Å². The summed E-state index contributed by atoms with van der Waals surface area (Å²) < 4.78 is 105. The Bertz CT molecular complexity index is 784. The summed E-state index contributed by atoms with van der Waals surface area (Å²) in [4.78, 5) is 3.18. The van der Waals surface area contributed by atoms with Gasteiger partial charge in [0.25, 0.3) is 0 Å². The lowest BCUT2D eigenvalue weighted by atomic mass is 10.2. The van der Waals surface area contributed by atoms with Crippen LogP contribution in [-0.4, -0.2) is 14.9 Å². The van der Waals surface area contributed by atoms with Crippen molar-refractivity contribution < 1.29 is 35.1 Å². The lowest BCUT2D eigenvalue weighted by Crippen LogP contribution is -2.33. The smallest absolute Gasteiger partial charge is 0.299 e. The Morgan fingerprint density at radius 1 is 1.04 bits per heavy atom. The number of aromatic nitrogens is 2. The van der Waals surface area contributed by atoms with Crippen LogP contribution >= 0.6 is 23.2 Å². The van der Waals surface area contributed by atoms with Crippen LogP contribution in [0.4, 0.5) is 35.1 Å². The van der Waals surface area contributed by atoms with Crippen molar-refractivity contribution in [1.29, 1.82) is 0 Å². The van der Waals surface area contributed by atoms with Crippen LogP contribution in [0.15, 0.2) is 18.3 Å². The van der Waals surface area contributed by atoms with Crippen LogP contribution in [-0.2, 0) is 12.1 Å². The molecule has 0 amide bonds. The highest BCUT2D eigenvalue weighted by Crippen LogP contribution is 2.45. The van der Waals surface area contributed by atoms with Crippen LogP contribution in [0.25, 0.3) is 5.69 Å². The third-order valence-electron chi connectivity index (χ3n) is 3.15. The minimum atomic E-state index is -4.99. The fraction of sp³-hybridized carbons (Fsp3) is 0.308. The summed E-state index contributed by atoms with van der Waals surface area (Å²) in [5, 5.41) is -5.76. The molecule has 0 saturated heterocycles. The second-order valence-corrected chi connectivity index (χ2v) is 5.78. The van der Waals surface area contributed by atoms with Crippen LogP contribution in [0.1, 0.15) is 17.1 Å². The van der Waals surface area contributed by atoms with E-state index in [1.807, 2.05) is 0 Å². The minimum Gasteiger partial charge on any atom is -0.299 e. The zero-order chi connectivity index (χ0) is 19.4. The third kappa shape index (κ3) is 3.55. The molecule has 1 aromatic heterocycles. The van der Waals surface area contributed by atoms with Crippen molar-refractivity contribution in [3.05, 3.63) is 46.3 Å². The predicted octanol–water partition coefficient (Wildman–Crippen LogP) is 5.92. The Balaban J connectivity index is 2.62. The largest absolute Gasteiger partial charge is 0.416 e. The van der Waals surface area contributed by atoms with E-state index in [4.69, 9.17) is 11.6 Å². The molecule has 25 heavy (non-hydrogen) atoms. The number of halogens is 10. The quantitative estimate of drug-likeness (QED) is 0.452. The highest BCUT2D eigenvalue weighted by molar-refractivity contribution is 6.32. The van der Waals surface area contributed by atoms with Crippen LogP contribution in [0.2, 0.25) is 5.02 Å². The number of rotatable bonds is 3. The first-order valence-electron chi connectivity index (χ1n) is 6.24. The van der Waals surface area contributed by atoms with Crippen molar-refractivity contribution >= 4 is 23.2 Å². The van der Waals surface area contributed by atoms with Crippen molar-refractivity contribution in [2.45, 2.75) is 24.4 Å². The molecule has 0 unspecified atom stereocenters. The topological polar surface area (TPSA) is 17.8 Å². The van der Waals surface area contributed by atoms with Gasteiger partial charge in [0.1, 0.15) is 23.0 Å². The third-order valence-corrected chi connectivity index (χ3v) is 3.67. The molecular formula is C13H6Cl2F8N2. The van der Waals surface area contributed by atoms with Gasteiger partial charge in [0.05, 0.1) is 10.6 Å². The summed E-state index contributed by atoms with van der Waals surface area (Å²) >= 11 is 9.95. The molecule has 0 aliphatic rings. The van der Waals surface area contributed by atoms with Gasteiger partial charge in [-0.3, -0.25) is 4.57 Å². The summed E-state index contributed by atoms with van der Waals surface area (Å²) in [6, 6.07) is 0.460. The van der Waals surface area contributed by atoms with Gasteiger partial charge in [-0.15, -0.1) is 0 Å². The zero-order valence-corrected chi connectivity index (χ0v) is 13.4. The molecule has 0 spiro atoms. The summed E-state index contributed by atoms with van der Waals surface area (Å²) in [5.41, 5.74) is -3.66. The zero-order valence-electron chi connectivity index (χ0n) is 11.9. The first kappa shape index (κ1) is 19.8. The summed E-state index contributed by atoms with van der Waals surface area (Å²) in [7, 11) is 0. The average molecular weight is 413 g/mol. The van der Waals surface area contributed by atoms with Gasteiger partial charge in [-0.1, -0.05) is 11.6 Å². The molecule has 0 aliphatic heterocycles. The van der Waals surface area contributed by atoms with Crippen molar-refractivity contribution in [2.24, 2.45) is 0 Å². The number of nitrogens with zero attached hydrogens (tertiary/aromatic N) is 2. The Labute approximate surface area is 145 Å². The molecular weight excluding hydrogens is 407 g/mol. The van der Waals surface area contributed by atoms with Crippen LogP contribution in [0.3, 0.4) is 0 Å². The second-order valence-electron chi connectivity index (χ2n) is 4.90. The maximum absolute atomic E-state index is 14.1. The Morgan fingerprint density at radius 2 is 1.60 bits per heavy atom. The number of hydrogen-bond acceptors (Lipinski definition) is 1. The fourth-order valence-electron chi connectivity index (χ4n) is 1.95. The summed E-state index contributed by atoms with van der Waals surface area (Å²) in [6.45, 7) is 1.04. The van der Waals surface area contributed by atoms with E-state index in [0.717, 1.165) is 6.92 Å². The molecule has 1 heterocycles. The van der Waals surface area contributed by atoms with E-state index in [-0.39, 0.29) is 6.07 Å². The number of aryl methyl sites for hydroxylation is 1. The standard InChI is InChI=1S/C13H6Cl2F8N2/c1-5-24-9(11(17,18)13(15,22)23)4-25(5)10-7(14)2-6(3-8(10)16)12(19,20)21/h2-4H,1H3. The molecule has 12 heteroatoms. The number of imidazole rings is 1. The summed E-state index contributed by atoms with van der Waals surface area (Å²) in [6.07, 6.45) is -4.57. The van der Waals surface area contributed by atoms with E-state index in [2.05, 4.69) is 16.6 Å². The highest BCUT2D eigenvalue weighted by atomic mass is 35.5. The SMILES string of the molecule is Cc1nc(C(F)(F)C(F)(F)Cl)cn1-c1c(F)cc(C(F)(F)F)cc1Cl. The van der Waals surface area contributed by atoms with Gasteiger partial charge in [0, 0.05) is 6.20 Å². The molecule has 0 aliphatic carbocycles. The first-order valence-corrected chi connectivity index (χ1v) is 6.99. The Hall–Kier alpha value is -1.55. The molecule has 2 aromatic rings. The van der Waals surface area contributed by atoms with Crippen LogP contribution in [0.5, 0.6) is 0 Å². The van der Waals surface area contributed by atoms with Gasteiger partial charge >= 0.3 is 17.5 Å². The number of alkyl halides is 8. The predicted molar refractivity (Wildman–Crippen MR) is 73.0 cm³/mol. The fourth-order valence-corrected chi connectivity index (χ4v) is 2.35. The number of hydrogen-bond donors (Lipinski definition) is 0. The van der Waals surface area contributed by atoms with Crippen molar-refractivity contribution in [2.75, 3.05) is 0 Å². The number of benzene rings is 1. The Kier molecular flexibility index (Phi) is 4.75. The van der Waals surface area contributed by atoms with Crippen LogP contribution in [0, 0.1) is 12.7 Å². The summed E-state index contributed by atoms with van der Waals surface area (Å²) in [5.74, 6) is -6.83. The van der Waals surface area contributed by atoms with E-state index in [9.17, 15) is 35.1 Å². The van der Waals surface area contributed by atoms with E-state index < -0.39 is 51.1 Å². The molecule has 0 saturated carbocycles. The Morgan fingerprint density at radius 3 is 2.04 bits per heavy atom. The van der Waals surface area contributed by atoms with Gasteiger partial charge in [-0.25, -0.2) is 9.37 Å². The molecule has 2 nitrogen and oxygen atoms in total. The van der Waals surface area contributed by atoms with E-state index >= 15 is 0 Å². The molecule has 0 N–H and O–H groups in total. The average Bonchev–Trinajstić information content (AvgIpc) is 2.78. The first-order chi connectivity index (χ1) is 11.2. The molecule has 0 atom stereocenters. The lowest BCUT2D eigenvalue weighted by molar-refractivity contribution is -0.166. The maximum Gasteiger partial charge on any atom is 0.416 e. The van der Waals surface area contributed by atoms with Gasteiger partial charge in [0.15, 0.2) is 0 Å². The van der Waals surface area contributed by atoms with Crippen molar-refractivity contribution in [1.82, 2.24) is 9.55 Å². The van der Waals surface area contributed by atoms with Gasteiger partial charge < -0.3 is 0 Å². The molecule has 2 rings (SSSR count). The van der Waals surface area contributed by atoms with E-state index in [1.54, 1.807) is 0 Å². The van der Waals surface area contributed by atoms with E-state index in [0.29, 0.717) is 16.8 Å². The van der Waals surface area contributed by atoms with Crippen LogP contribution < -0.4 is 0 Å². The molecule has 138 valence electrons. The van der Waals surface area contributed by atoms with Gasteiger partial charge in [0.2, 0.25) is 0 Å². The van der Waals surface area contributed by atoms with Crippen molar-refractivity contribution in [3.63, 3.8) is 0 Å². The second kappa shape index (κ2) is 6.01. The molecule has 0 fully saturated rings. The normalized spacial score (nSPS) is 13.4. The minimum absolute atomic E-state index is 0.0919. The monoisotopic (exact) mass is 412 g/mol. The highest BCUT2D eigenvalue weighted by Gasteiger charge is 2.58. The molecule has 0 bridgehead atoms.